The van der Waals surface area contributed by atoms with Gasteiger partial charge in [0, 0.05) is 29.6 Å². The summed E-state index contributed by atoms with van der Waals surface area (Å²) >= 11 is 1.56. The maximum Gasteiger partial charge on any atom is 0.240 e. The molecule has 36 heavy (non-hydrogen) atoms. The topological polar surface area (TPSA) is 79.7 Å². The number of amides is 2. The van der Waals surface area contributed by atoms with E-state index in [4.69, 9.17) is 9.84 Å². The monoisotopic (exact) mass is 515 g/mol. The van der Waals surface area contributed by atoms with Crippen molar-refractivity contribution in [1.29, 1.82) is 0 Å². The molecule has 1 aromatic heterocycles. The van der Waals surface area contributed by atoms with Gasteiger partial charge in [-0.3, -0.25) is 14.5 Å². The number of aromatic nitrogens is 2. The van der Waals surface area contributed by atoms with Crippen molar-refractivity contribution in [2.24, 2.45) is 0 Å². The molecule has 0 aliphatic carbocycles. The van der Waals surface area contributed by atoms with Gasteiger partial charge in [0.2, 0.25) is 11.8 Å². The maximum absolute atomic E-state index is 13.6. The molecule has 1 aliphatic rings. The molecule has 0 bridgehead atoms. The fourth-order valence-corrected chi connectivity index (χ4v) is 5.51. The van der Waals surface area contributed by atoms with Crippen LogP contribution in [0, 0.1) is 0 Å². The van der Waals surface area contributed by atoms with Gasteiger partial charge in [0.15, 0.2) is 0 Å². The fraction of sp³-hybridized carbons (Fsp3) is 0.593. The number of rotatable bonds is 7. The van der Waals surface area contributed by atoms with Crippen molar-refractivity contribution in [1.82, 2.24) is 20.0 Å². The lowest BCUT2D eigenvalue weighted by Crippen LogP contribution is -2.44. The minimum Gasteiger partial charge on any atom is -0.496 e. The number of methoxy groups -OCH3 is 1. The zero-order valence-corrected chi connectivity index (χ0v) is 24.0. The highest BCUT2D eigenvalue weighted by Crippen LogP contribution is 2.50. The molecule has 0 fully saturated rings. The van der Waals surface area contributed by atoms with Crippen LogP contribution in [0.3, 0.4) is 0 Å². The Morgan fingerprint density at radius 1 is 1.19 bits per heavy atom. The summed E-state index contributed by atoms with van der Waals surface area (Å²) in [7, 11) is 5.59. The van der Waals surface area contributed by atoms with E-state index in [1.54, 1.807) is 23.8 Å². The molecule has 0 saturated carbocycles. The van der Waals surface area contributed by atoms with Crippen molar-refractivity contribution in [3.8, 4) is 5.75 Å². The van der Waals surface area contributed by atoms with Gasteiger partial charge in [-0.05, 0) is 40.9 Å². The summed E-state index contributed by atoms with van der Waals surface area (Å²) in [6, 6.07) is 7.94. The maximum atomic E-state index is 13.6. The van der Waals surface area contributed by atoms with E-state index in [-0.39, 0.29) is 34.8 Å². The number of carbonyl (C=O) groups is 2. The molecule has 2 heterocycles. The second-order valence-electron chi connectivity index (χ2n) is 11.5. The first kappa shape index (κ1) is 28.1. The van der Waals surface area contributed by atoms with Gasteiger partial charge in [0.25, 0.3) is 0 Å². The van der Waals surface area contributed by atoms with Crippen LogP contribution in [-0.2, 0) is 20.5 Å². The molecule has 1 N–H and O–H groups in total. The van der Waals surface area contributed by atoms with Gasteiger partial charge < -0.3 is 15.0 Å². The third-order valence-electron chi connectivity index (χ3n) is 6.04. The second kappa shape index (κ2) is 10.8. The molecule has 9 heteroatoms. The molecule has 1 aliphatic heterocycles. The quantitative estimate of drug-likeness (QED) is 0.604. The molecule has 0 saturated heterocycles. The highest BCUT2D eigenvalue weighted by Gasteiger charge is 2.42. The number of ether oxygens (including phenoxy) is 1. The molecule has 198 valence electrons. The van der Waals surface area contributed by atoms with E-state index in [0.29, 0.717) is 12.4 Å². The summed E-state index contributed by atoms with van der Waals surface area (Å²) in [5, 5.41) is 7.90. The molecule has 2 aromatic rings. The van der Waals surface area contributed by atoms with E-state index in [1.165, 1.54) is 0 Å². The zero-order chi connectivity index (χ0) is 26.8. The minimum absolute atomic E-state index is 0.0518. The standard InChI is InChI=1S/C27H41N5O3S/c1-26(2,3)24-22-23(18-12-10-11-13-19(18)35-9)36-17-21(34)31(16-20(33)28-14-15-30(7)8)25(22)32(29-24)27(4,5)6/h10-13,23H,14-17H2,1-9H3,(H,28,33)/t23-/m0/s1. The van der Waals surface area contributed by atoms with Gasteiger partial charge in [-0.1, -0.05) is 39.0 Å². The number of anilines is 1. The zero-order valence-electron chi connectivity index (χ0n) is 23.1. The number of carbonyl (C=O) groups excluding carboxylic acids is 2. The molecule has 1 atom stereocenters. The van der Waals surface area contributed by atoms with Crippen LogP contribution in [0.4, 0.5) is 5.82 Å². The van der Waals surface area contributed by atoms with Crippen LogP contribution >= 0.6 is 11.8 Å². The van der Waals surface area contributed by atoms with E-state index in [2.05, 4.69) is 52.9 Å². The Hall–Kier alpha value is -2.52. The fourth-order valence-electron chi connectivity index (χ4n) is 4.29. The lowest BCUT2D eigenvalue weighted by molar-refractivity contribution is -0.123. The van der Waals surface area contributed by atoms with Gasteiger partial charge >= 0.3 is 0 Å². The Labute approximate surface area is 219 Å². The average Bonchev–Trinajstić information content (AvgIpc) is 3.13. The van der Waals surface area contributed by atoms with E-state index in [0.717, 1.165) is 29.1 Å². The number of thioether (sulfide) groups is 1. The van der Waals surface area contributed by atoms with Crippen molar-refractivity contribution in [3.63, 3.8) is 0 Å². The van der Waals surface area contributed by atoms with E-state index in [1.807, 2.05) is 41.9 Å². The van der Waals surface area contributed by atoms with Gasteiger partial charge in [0.05, 0.1) is 29.3 Å². The Balaban J connectivity index is 2.23. The average molecular weight is 516 g/mol. The molecular formula is C27H41N5O3S. The predicted molar refractivity (Wildman–Crippen MR) is 147 cm³/mol. The van der Waals surface area contributed by atoms with Crippen LogP contribution in [0.1, 0.15) is 63.6 Å². The van der Waals surface area contributed by atoms with Crippen molar-refractivity contribution in [2.45, 2.75) is 57.7 Å². The lowest BCUT2D eigenvalue weighted by atomic mass is 9.87. The van der Waals surface area contributed by atoms with Crippen LogP contribution < -0.4 is 15.0 Å². The van der Waals surface area contributed by atoms with E-state index in [9.17, 15) is 9.59 Å². The number of nitrogens with one attached hydrogen (secondary N) is 1. The van der Waals surface area contributed by atoms with Crippen molar-refractivity contribution in [3.05, 3.63) is 41.1 Å². The largest absolute Gasteiger partial charge is 0.496 e. The van der Waals surface area contributed by atoms with Crippen molar-refractivity contribution >= 4 is 29.4 Å². The molecule has 8 nitrogen and oxygen atoms in total. The summed E-state index contributed by atoms with van der Waals surface area (Å²) in [5.41, 5.74) is 2.19. The molecule has 2 amide bonds. The second-order valence-corrected chi connectivity index (χ2v) is 12.6. The first-order valence-corrected chi connectivity index (χ1v) is 13.4. The predicted octanol–water partition coefficient (Wildman–Crippen LogP) is 3.79. The summed E-state index contributed by atoms with van der Waals surface area (Å²) in [6.45, 7) is 13.8. The number of hydrogen-bond donors (Lipinski definition) is 1. The number of likely N-dealkylation sites (N-methyl/N-ethyl adjacent to an activating group) is 1. The van der Waals surface area contributed by atoms with Crippen molar-refractivity contribution < 1.29 is 14.3 Å². The van der Waals surface area contributed by atoms with Gasteiger partial charge in [0.1, 0.15) is 18.1 Å². The summed E-state index contributed by atoms with van der Waals surface area (Å²) in [4.78, 5) is 30.2. The van der Waals surface area contributed by atoms with E-state index < -0.39 is 5.54 Å². The summed E-state index contributed by atoms with van der Waals surface area (Å²) < 4.78 is 7.66. The Morgan fingerprint density at radius 2 is 1.86 bits per heavy atom. The highest BCUT2D eigenvalue weighted by atomic mass is 32.2. The number of fused-ring (bicyclic) bond motifs is 1. The van der Waals surface area contributed by atoms with Crippen LogP contribution in [0.25, 0.3) is 0 Å². The smallest absolute Gasteiger partial charge is 0.240 e. The van der Waals surface area contributed by atoms with Crippen LogP contribution in [0.5, 0.6) is 5.75 Å². The molecular weight excluding hydrogens is 474 g/mol. The van der Waals surface area contributed by atoms with Crippen LogP contribution in [-0.4, -0.2) is 73.1 Å². The third-order valence-corrected chi connectivity index (χ3v) is 7.28. The lowest BCUT2D eigenvalue weighted by Gasteiger charge is -2.29. The Morgan fingerprint density at radius 3 is 2.44 bits per heavy atom. The van der Waals surface area contributed by atoms with Crippen LogP contribution in [0.2, 0.25) is 0 Å². The number of hydrogen-bond acceptors (Lipinski definition) is 6. The molecule has 0 unspecified atom stereocenters. The minimum atomic E-state index is -0.409. The molecule has 0 spiro atoms. The summed E-state index contributed by atoms with van der Waals surface area (Å²) in [6.07, 6.45) is 0. The normalized spacial score (nSPS) is 16.7. The van der Waals surface area contributed by atoms with E-state index >= 15 is 0 Å². The first-order valence-electron chi connectivity index (χ1n) is 12.4. The van der Waals surface area contributed by atoms with Gasteiger partial charge in [-0.15, -0.1) is 11.8 Å². The third kappa shape index (κ3) is 6.06. The molecule has 0 radical (unpaired) electrons. The molecule has 1 aromatic carbocycles. The van der Waals surface area contributed by atoms with Gasteiger partial charge in [-0.25, -0.2) is 4.68 Å². The Kier molecular flexibility index (Phi) is 8.45. The number of benzene rings is 1. The number of para-hydroxylation sites is 1. The first-order chi connectivity index (χ1) is 16.8. The van der Waals surface area contributed by atoms with Crippen molar-refractivity contribution in [2.75, 3.05) is 51.5 Å². The molecule has 3 rings (SSSR count). The Bertz CT molecular complexity index is 1100. The SMILES string of the molecule is COc1ccccc1[C@@H]1SCC(=O)N(CC(=O)NCCN(C)C)c2c1c(C(C)(C)C)nn2C(C)(C)C. The summed E-state index contributed by atoms with van der Waals surface area (Å²) in [5.74, 6) is 1.42. The van der Waals surface area contributed by atoms with Gasteiger partial charge in [-0.2, -0.15) is 5.10 Å². The number of nitrogens with zero attached hydrogens (tertiary/aromatic N) is 4. The highest BCUT2D eigenvalue weighted by molar-refractivity contribution is 8.00. The van der Waals surface area contributed by atoms with Crippen LogP contribution in [0.15, 0.2) is 24.3 Å².